The lowest BCUT2D eigenvalue weighted by molar-refractivity contribution is 0.0971. The Morgan fingerprint density at radius 1 is 1.19 bits per heavy atom. The lowest BCUT2D eigenvalue weighted by atomic mass is 10.1. The van der Waals surface area contributed by atoms with Gasteiger partial charge >= 0.3 is 0 Å². The van der Waals surface area contributed by atoms with Crippen molar-refractivity contribution in [2.75, 3.05) is 11.9 Å². The van der Waals surface area contributed by atoms with Gasteiger partial charge in [-0.15, -0.1) is 0 Å². The number of hydrogen-bond donors (Lipinski definition) is 3. The van der Waals surface area contributed by atoms with Crippen LogP contribution in [0.2, 0.25) is 0 Å². The number of hydrogen-bond acceptors (Lipinski definition) is 4. The maximum absolute atomic E-state index is 12.6. The van der Waals surface area contributed by atoms with Gasteiger partial charge in [0.1, 0.15) is 5.75 Å². The van der Waals surface area contributed by atoms with Crippen molar-refractivity contribution in [3.8, 4) is 5.75 Å². The van der Waals surface area contributed by atoms with Crippen molar-refractivity contribution in [1.82, 2.24) is 5.32 Å². The second kappa shape index (κ2) is 10.0. The normalized spacial score (nSPS) is 10.1. The van der Waals surface area contributed by atoms with E-state index in [1.165, 1.54) is 0 Å². The predicted octanol–water partition coefficient (Wildman–Crippen LogP) is 3.85. The molecule has 0 aliphatic heterocycles. The van der Waals surface area contributed by atoms with Gasteiger partial charge in [-0.25, -0.2) is 0 Å². The highest BCUT2D eigenvalue weighted by molar-refractivity contribution is 9.10. The maximum Gasteiger partial charge on any atom is 0.261 e. The molecule has 0 heterocycles. The first-order valence-corrected chi connectivity index (χ1v) is 9.56. The molecule has 8 heteroatoms. The predicted molar refractivity (Wildman–Crippen MR) is 113 cm³/mol. The number of rotatable bonds is 7. The van der Waals surface area contributed by atoms with Crippen molar-refractivity contribution in [3.63, 3.8) is 0 Å². The summed E-state index contributed by atoms with van der Waals surface area (Å²) >= 11 is 8.55. The minimum Gasteiger partial charge on any atom is -0.493 e. The summed E-state index contributed by atoms with van der Waals surface area (Å²) in [7, 11) is 0. The second-order valence-electron chi connectivity index (χ2n) is 5.66. The number of primary amides is 1. The maximum atomic E-state index is 12.6. The molecule has 0 atom stereocenters. The first-order chi connectivity index (χ1) is 12.9. The van der Waals surface area contributed by atoms with Gasteiger partial charge in [-0.3, -0.25) is 14.9 Å². The first kappa shape index (κ1) is 20.9. The number of amides is 2. The van der Waals surface area contributed by atoms with Crippen LogP contribution in [0, 0.1) is 0 Å². The van der Waals surface area contributed by atoms with Crippen LogP contribution in [0.1, 0.15) is 40.5 Å². The van der Waals surface area contributed by atoms with Gasteiger partial charge in [-0.2, -0.15) is 0 Å². The third kappa shape index (κ3) is 6.04. The Bertz CT molecular complexity index is 858. The molecule has 0 bridgehead atoms. The van der Waals surface area contributed by atoms with Crippen LogP contribution in [-0.2, 0) is 0 Å². The number of carbonyl (C=O) groups excluding carboxylic acids is 2. The third-order valence-electron chi connectivity index (χ3n) is 3.61. The standard InChI is InChI=1S/C19H20BrN3O3S/c1-2-3-10-26-16-9-8-12(20)11-14(16)18(25)23-19(27)22-15-7-5-4-6-13(15)17(21)24/h4-9,11H,2-3,10H2,1H3,(H2,21,24)(H2,22,23,25,27). The molecule has 2 aromatic rings. The molecule has 2 amide bonds. The third-order valence-corrected chi connectivity index (χ3v) is 4.31. The Morgan fingerprint density at radius 2 is 1.93 bits per heavy atom. The zero-order chi connectivity index (χ0) is 19.8. The van der Waals surface area contributed by atoms with E-state index in [2.05, 4.69) is 33.5 Å². The number of halogens is 1. The molecule has 0 fully saturated rings. The van der Waals surface area contributed by atoms with E-state index < -0.39 is 11.8 Å². The molecule has 0 aliphatic rings. The zero-order valence-corrected chi connectivity index (χ0v) is 17.2. The summed E-state index contributed by atoms with van der Waals surface area (Å²) in [6.07, 6.45) is 1.88. The Morgan fingerprint density at radius 3 is 2.63 bits per heavy atom. The van der Waals surface area contributed by atoms with Crippen molar-refractivity contribution in [2.24, 2.45) is 5.73 Å². The highest BCUT2D eigenvalue weighted by Crippen LogP contribution is 2.24. The van der Waals surface area contributed by atoms with E-state index in [0.29, 0.717) is 23.6 Å². The van der Waals surface area contributed by atoms with Crippen molar-refractivity contribution >= 4 is 50.8 Å². The Hall–Kier alpha value is -2.45. The van der Waals surface area contributed by atoms with Gasteiger partial charge in [-0.05, 0) is 49.0 Å². The fourth-order valence-electron chi connectivity index (χ4n) is 2.26. The Labute approximate surface area is 171 Å². The summed E-state index contributed by atoms with van der Waals surface area (Å²) in [6, 6.07) is 11.8. The minimum atomic E-state index is -0.592. The van der Waals surface area contributed by atoms with Crippen LogP contribution in [0.25, 0.3) is 0 Å². The molecular weight excluding hydrogens is 430 g/mol. The van der Waals surface area contributed by atoms with E-state index in [-0.39, 0.29) is 10.7 Å². The van der Waals surface area contributed by atoms with Gasteiger partial charge in [0.15, 0.2) is 5.11 Å². The quantitative estimate of drug-likeness (QED) is 0.440. The van der Waals surface area contributed by atoms with Crippen LogP contribution in [-0.4, -0.2) is 23.5 Å². The summed E-state index contributed by atoms with van der Waals surface area (Å²) in [6.45, 7) is 2.58. The summed E-state index contributed by atoms with van der Waals surface area (Å²) < 4.78 is 6.44. The van der Waals surface area contributed by atoms with Gasteiger partial charge in [0.25, 0.3) is 11.8 Å². The van der Waals surface area contributed by atoms with Gasteiger partial charge in [-0.1, -0.05) is 41.4 Å². The largest absolute Gasteiger partial charge is 0.493 e. The van der Waals surface area contributed by atoms with Crippen molar-refractivity contribution < 1.29 is 14.3 Å². The number of unbranched alkanes of at least 4 members (excludes halogenated alkanes) is 1. The summed E-state index contributed by atoms with van der Waals surface area (Å²) in [5.74, 6) is -0.535. The Balaban J connectivity index is 2.12. The molecule has 142 valence electrons. The number of para-hydroxylation sites is 1. The fourth-order valence-corrected chi connectivity index (χ4v) is 2.83. The highest BCUT2D eigenvalue weighted by Gasteiger charge is 2.16. The molecule has 0 unspecified atom stereocenters. The summed E-state index contributed by atoms with van der Waals surface area (Å²) in [4.78, 5) is 24.1. The number of nitrogens with one attached hydrogen (secondary N) is 2. The summed E-state index contributed by atoms with van der Waals surface area (Å²) in [5, 5.41) is 5.47. The topological polar surface area (TPSA) is 93.4 Å². The Kier molecular flexibility index (Phi) is 7.75. The molecule has 2 aromatic carbocycles. The smallest absolute Gasteiger partial charge is 0.261 e. The van der Waals surface area contributed by atoms with E-state index in [1.54, 1.807) is 42.5 Å². The van der Waals surface area contributed by atoms with E-state index in [1.807, 2.05) is 0 Å². The van der Waals surface area contributed by atoms with Crippen LogP contribution in [0.3, 0.4) is 0 Å². The van der Waals surface area contributed by atoms with Crippen LogP contribution in [0.5, 0.6) is 5.75 Å². The molecule has 0 radical (unpaired) electrons. The lowest BCUT2D eigenvalue weighted by Crippen LogP contribution is -2.35. The number of anilines is 1. The van der Waals surface area contributed by atoms with Crippen LogP contribution < -0.4 is 21.1 Å². The van der Waals surface area contributed by atoms with Crippen molar-refractivity contribution in [1.29, 1.82) is 0 Å². The average Bonchev–Trinajstić information content (AvgIpc) is 2.63. The molecule has 2 rings (SSSR count). The number of benzene rings is 2. The number of ether oxygens (including phenoxy) is 1. The molecule has 0 aliphatic carbocycles. The molecule has 0 saturated carbocycles. The lowest BCUT2D eigenvalue weighted by Gasteiger charge is -2.14. The van der Waals surface area contributed by atoms with Gasteiger partial charge in [0.2, 0.25) is 0 Å². The van der Waals surface area contributed by atoms with E-state index >= 15 is 0 Å². The molecule has 0 aromatic heterocycles. The second-order valence-corrected chi connectivity index (χ2v) is 6.98. The SMILES string of the molecule is CCCCOc1ccc(Br)cc1C(=O)NC(=S)Nc1ccccc1C(N)=O. The molecular formula is C19H20BrN3O3S. The molecule has 4 N–H and O–H groups in total. The van der Waals surface area contributed by atoms with Crippen molar-refractivity contribution in [3.05, 3.63) is 58.1 Å². The molecule has 0 saturated heterocycles. The summed E-state index contributed by atoms with van der Waals surface area (Å²) in [5.41, 5.74) is 6.40. The van der Waals surface area contributed by atoms with E-state index in [4.69, 9.17) is 22.7 Å². The van der Waals surface area contributed by atoms with Gasteiger partial charge < -0.3 is 15.8 Å². The van der Waals surface area contributed by atoms with Crippen molar-refractivity contribution in [2.45, 2.75) is 19.8 Å². The molecule has 0 spiro atoms. The molecule has 6 nitrogen and oxygen atoms in total. The first-order valence-electron chi connectivity index (χ1n) is 8.36. The van der Waals surface area contributed by atoms with E-state index in [0.717, 1.165) is 17.3 Å². The minimum absolute atomic E-state index is 0.0492. The van der Waals surface area contributed by atoms with Crippen LogP contribution >= 0.6 is 28.1 Å². The van der Waals surface area contributed by atoms with Gasteiger partial charge in [0.05, 0.1) is 23.4 Å². The van der Waals surface area contributed by atoms with Crippen LogP contribution in [0.15, 0.2) is 46.9 Å². The molecule has 27 heavy (non-hydrogen) atoms. The highest BCUT2D eigenvalue weighted by atomic mass is 79.9. The number of carbonyl (C=O) groups is 2. The monoisotopic (exact) mass is 449 g/mol. The zero-order valence-electron chi connectivity index (χ0n) is 14.8. The number of thiocarbonyl (C=S) groups is 1. The average molecular weight is 450 g/mol. The fraction of sp³-hybridized carbons (Fsp3) is 0.211. The van der Waals surface area contributed by atoms with E-state index in [9.17, 15) is 9.59 Å². The number of nitrogens with two attached hydrogens (primary N) is 1. The van der Waals surface area contributed by atoms with Gasteiger partial charge in [0, 0.05) is 4.47 Å². The van der Waals surface area contributed by atoms with Crippen LogP contribution in [0.4, 0.5) is 5.69 Å².